The van der Waals surface area contributed by atoms with Crippen LogP contribution >= 0.6 is 0 Å². The topological polar surface area (TPSA) is 114 Å². The first kappa shape index (κ1) is 26.4. The summed E-state index contributed by atoms with van der Waals surface area (Å²) in [6, 6.07) is 14.1. The first-order valence-electron chi connectivity index (χ1n) is 10.7. The van der Waals surface area contributed by atoms with Gasteiger partial charge in [0.25, 0.3) is 0 Å². The molecule has 0 aliphatic rings. The number of carbonyl (C=O) groups excluding carboxylic acids is 1. The molecule has 2 aromatic carbocycles. The fourth-order valence-corrected chi connectivity index (χ4v) is 4.82. The molecule has 2 amide bonds. The Morgan fingerprint density at radius 3 is 2.33 bits per heavy atom. The van der Waals surface area contributed by atoms with Gasteiger partial charge < -0.3 is 14.8 Å². The van der Waals surface area contributed by atoms with Crippen molar-refractivity contribution < 1.29 is 22.7 Å². The van der Waals surface area contributed by atoms with E-state index < -0.39 is 22.1 Å². The average molecular weight is 478 g/mol. The molecule has 0 spiro atoms. The Labute approximate surface area is 195 Å². The van der Waals surface area contributed by atoms with Crippen LogP contribution in [0.4, 0.5) is 4.79 Å². The van der Waals surface area contributed by atoms with Crippen LogP contribution in [0.3, 0.4) is 0 Å². The van der Waals surface area contributed by atoms with E-state index in [0.717, 1.165) is 5.56 Å². The van der Waals surface area contributed by atoms with E-state index in [1.54, 1.807) is 12.1 Å². The number of methoxy groups -OCH3 is 1. The molecule has 9 nitrogen and oxygen atoms in total. The largest absolute Gasteiger partial charge is 0.497 e. The SMILES string of the molecule is COc1ccc(S(=O)(=O)N(CC[C@H](COCc2ccccc2)NC(=O)N=O)CC(C)C)cc1. The number of hydrogen-bond donors (Lipinski definition) is 1. The van der Waals surface area contributed by atoms with Crippen molar-refractivity contribution in [3.05, 3.63) is 65.1 Å². The highest BCUT2D eigenvalue weighted by atomic mass is 32.2. The van der Waals surface area contributed by atoms with E-state index >= 15 is 0 Å². The summed E-state index contributed by atoms with van der Waals surface area (Å²) < 4.78 is 38.7. The van der Waals surface area contributed by atoms with Gasteiger partial charge >= 0.3 is 6.03 Å². The fourth-order valence-electron chi connectivity index (χ4n) is 3.20. The summed E-state index contributed by atoms with van der Waals surface area (Å²) in [5.41, 5.74) is 0.958. The van der Waals surface area contributed by atoms with Crippen molar-refractivity contribution in [2.45, 2.75) is 37.8 Å². The highest BCUT2D eigenvalue weighted by Crippen LogP contribution is 2.21. The van der Waals surface area contributed by atoms with E-state index in [2.05, 4.69) is 10.5 Å². The highest BCUT2D eigenvalue weighted by molar-refractivity contribution is 7.89. The number of carbonyl (C=O) groups is 1. The van der Waals surface area contributed by atoms with Crippen LogP contribution in [-0.4, -0.2) is 51.6 Å². The second-order valence-electron chi connectivity index (χ2n) is 7.96. The Bertz CT molecular complexity index is 981. The summed E-state index contributed by atoms with van der Waals surface area (Å²) in [4.78, 5) is 22.3. The van der Waals surface area contributed by atoms with Gasteiger partial charge in [0.2, 0.25) is 10.0 Å². The Kier molecular flexibility index (Phi) is 10.4. The van der Waals surface area contributed by atoms with E-state index in [1.165, 1.54) is 23.5 Å². The van der Waals surface area contributed by atoms with Gasteiger partial charge in [0.05, 0.1) is 31.3 Å². The molecule has 2 rings (SSSR count). The van der Waals surface area contributed by atoms with Crippen molar-refractivity contribution in [1.29, 1.82) is 0 Å². The number of benzene rings is 2. The van der Waals surface area contributed by atoms with Crippen molar-refractivity contribution in [3.63, 3.8) is 0 Å². The molecule has 0 fully saturated rings. The van der Waals surface area contributed by atoms with E-state index in [4.69, 9.17) is 9.47 Å². The van der Waals surface area contributed by atoms with Crippen LogP contribution < -0.4 is 10.1 Å². The molecule has 0 unspecified atom stereocenters. The molecule has 0 aliphatic carbocycles. The number of nitrogens with zero attached hydrogens (tertiary/aromatic N) is 2. The van der Waals surface area contributed by atoms with Crippen LogP contribution in [0.15, 0.2) is 64.7 Å². The van der Waals surface area contributed by atoms with Gasteiger partial charge in [0.1, 0.15) is 5.75 Å². The van der Waals surface area contributed by atoms with Crippen molar-refractivity contribution in [3.8, 4) is 5.75 Å². The Hall–Kier alpha value is -2.82. The molecule has 0 saturated carbocycles. The lowest BCUT2D eigenvalue weighted by molar-refractivity contribution is 0.0968. The van der Waals surface area contributed by atoms with E-state index in [1.807, 2.05) is 44.2 Å². The second-order valence-corrected chi connectivity index (χ2v) is 9.90. The number of urea groups is 1. The Morgan fingerprint density at radius 2 is 1.76 bits per heavy atom. The summed E-state index contributed by atoms with van der Waals surface area (Å²) in [7, 11) is -2.26. The molecule has 0 saturated heterocycles. The molecule has 33 heavy (non-hydrogen) atoms. The third kappa shape index (κ3) is 8.56. The molecule has 0 heterocycles. The van der Waals surface area contributed by atoms with Gasteiger partial charge in [-0.1, -0.05) is 44.2 Å². The predicted molar refractivity (Wildman–Crippen MR) is 125 cm³/mol. The van der Waals surface area contributed by atoms with E-state index in [-0.39, 0.29) is 30.4 Å². The maximum absolute atomic E-state index is 13.3. The Balaban J connectivity index is 2.10. The smallest absolute Gasteiger partial charge is 0.379 e. The molecular formula is C23H31N3O6S. The summed E-state index contributed by atoms with van der Waals surface area (Å²) in [6.45, 7) is 4.71. The predicted octanol–water partition coefficient (Wildman–Crippen LogP) is 3.79. The van der Waals surface area contributed by atoms with Crippen LogP contribution in [0.25, 0.3) is 0 Å². The van der Waals surface area contributed by atoms with Gasteiger partial charge in [-0.3, -0.25) is 0 Å². The standard InChI is InChI=1S/C23H31N3O6S/c1-18(2)15-26(33(29,30)22-11-9-21(31-3)10-12-22)14-13-20(24-23(27)25-28)17-32-16-19-7-5-4-6-8-19/h4-12,18,20H,13-17H2,1-3H3,(H,24,27)/t20-/m1/s1. The van der Waals surface area contributed by atoms with Gasteiger partial charge in [-0.05, 0) is 42.2 Å². The molecule has 1 N–H and O–H groups in total. The summed E-state index contributed by atoms with van der Waals surface area (Å²) in [5, 5.41) is 4.87. The normalized spacial score (nSPS) is 12.5. The molecule has 0 aromatic heterocycles. The first-order chi connectivity index (χ1) is 15.8. The number of ether oxygens (including phenoxy) is 2. The summed E-state index contributed by atoms with van der Waals surface area (Å²) in [6.07, 6.45) is 0.248. The van der Waals surface area contributed by atoms with Gasteiger partial charge in [0.15, 0.2) is 0 Å². The van der Waals surface area contributed by atoms with Crippen LogP contribution in [0.5, 0.6) is 5.75 Å². The number of hydrogen-bond acceptors (Lipinski definition) is 6. The van der Waals surface area contributed by atoms with Crippen LogP contribution in [0, 0.1) is 10.8 Å². The highest BCUT2D eigenvalue weighted by Gasteiger charge is 2.26. The minimum Gasteiger partial charge on any atom is -0.497 e. The van der Waals surface area contributed by atoms with Gasteiger partial charge in [-0.2, -0.15) is 4.31 Å². The lowest BCUT2D eigenvalue weighted by Crippen LogP contribution is -2.42. The Morgan fingerprint density at radius 1 is 1.09 bits per heavy atom. The number of rotatable bonds is 13. The maximum atomic E-state index is 13.3. The number of sulfonamides is 1. The van der Waals surface area contributed by atoms with Crippen molar-refractivity contribution in [2.24, 2.45) is 11.1 Å². The van der Waals surface area contributed by atoms with Gasteiger partial charge in [0, 0.05) is 18.3 Å². The zero-order valence-electron chi connectivity index (χ0n) is 19.1. The molecule has 10 heteroatoms. The zero-order chi connectivity index (χ0) is 24.3. The number of nitrogens with one attached hydrogen (secondary N) is 1. The van der Waals surface area contributed by atoms with Crippen LogP contribution in [0.1, 0.15) is 25.8 Å². The second kappa shape index (κ2) is 13.0. The van der Waals surface area contributed by atoms with Gasteiger partial charge in [-0.15, -0.1) is 4.91 Å². The zero-order valence-corrected chi connectivity index (χ0v) is 20.0. The fraction of sp³-hybridized carbons (Fsp3) is 0.435. The van der Waals surface area contributed by atoms with Crippen molar-refractivity contribution in [1.82, 2.24) is 9.62 Å². The summed E-state index contributed by atoms with van der Waals surface area (Å²) in [5.74, 6) is 0.640. The third-order valence-electron chi connectivity index (χ3n) is 4.83. The molecule has 2 aromatic rings. The average Bonchev–Trinajstić information content (AvgIpc) is 2.81. The third-order valence-corrected chi connectivity index (χ3v) is 6.71. The monoisotopic (exact) mass is 477 g/mol. The molecule has 0 aliphatic heterocycles. The van der Waals surface area contributed by atoms with E-state index in [0.29, 0.717) is 18.9 Å². The van der Waals surface area contributed by atoms with E-state index in [9.17, 15) is 18.1 Å². The quantitative estimate of drug-likeness (QED) is 0.439. The molecular weight excluding hydrogens is 446 g/mol. The minimum absolute atomic E-state index is 0.0806. The number of amides is 2. The summed E-state index contributed by atoms with van der Waals surface area (Å²) >= 11 is 0. The maximum Gasteiger partial charge on any atom is 0.379 e. The molecule has 180 valence electrons. The number of nitroso groups, excluding NO2 is 1. The lowest BCUT2D eigenvalue weighted by Gasteiger charge is -2.26. The molecule has 1 atom stereocenters. The van der Waals surface area contributed by atoms with Crippen molar-refractivity contribution in [2.75, 3.05) is 26.8 Å². The van der Waals surface area contributed by atoms with Gasteiger partial charge in [-0.25, -0.2) is 13.2 Å². The molecule has 0 bridgehead atoms. The van der Waals surface area contributed by atoms with Crippen LogP contribution in [0.2, 0.25) is 0 Å². The van der Waals surface area contributed by atoms with Crippen LogP contribution in [-0.2, 0) is 21.4 Å². The minimum atomic E-state index is -3.78. The molecule has 0 radical (unpaired) electrons. The first-order valence-corrected chi connectivity index (χ1v) is 12.1. The lowest BCUT2D eigenvalue weighted by atomic mass is 10.2. The van der Waals surface area contributed by atoms with Crippen molar-refractivity contribution >= 4 is 16.1 Å².